The topological polar surface area (TPSA) is 54.4 Å². The second kappa shape index (κ2) is 8.35. The smallest absolute Gasteiger partial charge is 0.0898 e. The lowest BCUT2D eigenvalue weighted by Crippen LogP contribution is -2.34. The lowest BCUT2D eigenvalue weighted by Gasteiger charge is -2.24. The monoisotopic (exact) mass is 278 g/mol. The number of rotatable bonds is 7. The number of nitrogens with zero attached hydrogens (tertiary/aromatic N) is 1. The van der Waals surface area contributed by atoms with Gasteiger partial charge in [-0.25, -0.2) is 0 Å². The van der Waals surface area contributed by atoms with Gasteiger partial charge in [0.2, 0.25) is 0 Å². The number of hydrogen-bond acceptors (Lipinski definition) is 4. The molecule has 1 heterocycles. The summed E-state index contributed by atoms with van der Waals surface area (Å²) < 4.78 is 5.78. The molecule has 1 fully saturated rings. The zero-order valence-corrected chi connectivity index (χ0v) is 12.3. The van der Waals surface area contributed by atoms with Gasteiger partial charge in [0.15, 0.2) is 0 Å². The first-order valence-electron chi connectivity index (χ1n) is 7.69. The third kappa shape index (κ3) is 5.19. The van der Waals surface area contributed by atoms with Crippen LogP contribution in [0.1, 0.15) is 50.8 Å². The fraction of sp³-hybridized carbons (Fsp3) is 0.688. The van der Waals surface area contributed by atoms with Crippen LogP contribution < -0.4 is 5.32 Å². The van der Waals surface area contributed by atoms with Crippen molar-refractivity contribution < 1.29 is 9.84 Å². The fourth-order valence-electron chi connectivity index (χ4n) is 2.59. The molecular formula is C16H26N2O2. The molecule has 0 spiro atoms. The van der Waals surface area contributed by atoms with E-state index < -0.39 is 6.10 Å². The van der Waals surface area contributed by atoms with Crippen LogP contribution in [0, 0.1) is 0 Å². The molecular weight excluding hydrogens is 252 g/mol. The third-order valence-corrected chi connectivity index (χ3v) is 3.87. The number of pyridine rings is 1. The molecule has 2 atom stereocenters. The van der Waals surface area contributed by atoms with Crippen molar-refractivity contribution in [3.05, 3.63) is 30.1 Å². The van der Waals surface area contributed by atoms with Crippen molar-refractivity contribution >= 4 is 0 Å². The normalized spacial score (nSPS) is 19.7. The number of ether oxygens (including phenoxy) is 1. The van der Waals surface area contributed by atoms with Gasteiger partial charge >= 0.3 is 0 Å². The first-order chi connectivity index (χ1) is 9.75. The van der Waals surface area contributed by atoms with Crippen LogP contribution in [0.3, 0.4) is 0 Å². The Labute approximate surface area is 121 Å². The number of hydrogen-bond donors (Lipinski definition) is 2. The van der Waals surface area contributed by atoms with E-state index in [-0.39, 0.29) is 6.04 Å². The van der Waals surface area contributed by atoms with E-state index in [0.29, 0.717) is 19.3 Å². The minimum absolute atomic E-state index is 0.139. The molecule has 4 heteroatoms. The summed E-state index contributed by atoms with van der Waals surface area (Å²) in [5.41, 5.74) is 0.993. The maximum atomic E-state index is 9.97. The third-order valence-electron chi connectivity index (χ3n) is 3.87. The highest BCUT2D eigenvalue weighted by Gasteiger charge is 2.16. The molecule has 0 aromatic carbocycles. The van der Waals surface area contributed by atoms with Crippen LogP contribution in [0.15, 0.2) is 24.4 Å². The van der Waals surface area contributed by atoms with Gasteiger partial charge in [-0.05, 0) is 31.9 Å². The van der Waals surface area contributed by atoms with Gasteiger partial charge in [-0.15, -0.1) is 0 Å². The quantitative estimate of drug-likeness (QED) is 0.804. The number of aliphatic hydroxyl groups is 1. The van der Waals surface area contributed by atoms with Gasteiger partial charge < -0.3 is 15.2 Å². The number of aromatic nitrogens is 1. The first-order valence-corrected chi connectivity index (χ1v) is 7.69. The van der Waals surface area contributed by atoms with Crippen LogP contribution in [0.25, 0.3) is 0 Å². The lowest BCUT2D eigenvalue weighted by molar-refractivity contribution is -0.0235. The molecule has 1 unspecified atom stereocenters. The van der Waals surface area contributed by atoms with Gasteiger partial charge in [0, 0.05) is 18.8 Å². The maximum absolute atomic E-state index is 9.97. The Kier molecular flexibility index (Phi) is 6.43. The molecule has 1 aliphatic rings. The van der Waals surface area contributed by atoms with E-state index in [1.807, 2.05) is 18.2 Å². The van der Waals surface area contributed by atoms with Crippen LogP contribution in [0.5, 0.6) is 0 Å². The van der Waals surface area contributed by atoms with E-state index in [9.17, 15) is 5.11 Å². The van der Waals surface area contributed by atoms with Gasteiger partial charge in [-0.2, -0.15) is 0 Å². The highest BCUT2D eigenvalue weighted by atomic mass is 16.5. The zero-order chi connectivity index (χ0) is 14.2. The molecule has 0 radical (unpaired) electrons. The van der Waals surface area contributed by atoms with E-state index in [1.54, 1.807) is 6.20 Å². The van der Waals surface area contributed by atoms with Gasteiger partial charge in [0.05, 0.1) is 24.5 Å². The van der Waals surface area contributed by atoms with Crippen molar-refractivity contribution in [1.29, 1.82) is 0 Å². The van der Waals surface area contributed by atoms with Gasteiger partial charge in [-0.1, -0.05) is 25.3 Å². The van der Waals surface area contributed by atoms with E-state index in [4.69, 9.17) is 4.74 Å². The summed E-state index contributed by atoms with van der Waals surface area (Å²) in [6, 6.07) is 6.01. The molecule has 0 saturated heterocycles. The minimum atomic E-state index is -0.455. The van der Waals surface area contributed by atoms with E-state index >= 15 is 0 Å². The Balaban J connectivity index is 1.63. The highest BCUT2D eigenvalue weighted by Crippen LogP contribution is 2.20. The molecule has 0 amide bonds. The molecule has 2 rings (SSSR count). The second-order valence-electron chi connectivity index (χ2n) is 5.63. The standard InChI is InChI=1S/C16H26N2O2/c1-13(16-9-5-6-10-17-16)18-11-14(19)12-20-15-7-3-2-4-8-15/h5-6,9-10,13-15,18-19H,2-4,7-8,11-12H2,1H3/t13-,14?/m1/s1. The molecule has 1 aromatic rings. The van der Waals surface area contributed by atoms with Crippen molar-refractivity contribution in [2.75, 3.05) is 13.2 Å². The van der Waals surface area contributed by atoms with Crippen molar-refractivity contribution in [3.63, 3.8) is 0 Å². The average molecular weight is 278 g/mol. The van der Waals surface area contributed by atoms with Crippen LogP contribution in [-0.4, -0.2) is 35.5 Å². The first kappa shape index (κ1) is 15.4. The Hall–Kier alpha value is -0.970. The minimum Gasteiger partial charge on any atom is -0.389 e. The molecule has 1 aliphatic carbocycles. The molecule has 1 saturated carbocycles. The lowest BCUT2D eigenvalue weighted by atomic mass is 9.98. The average Bonchev–Trinajstić information content (AvgIpc) is 2.52. The Bertz CT molecular complexity index is 366. The van der Waals surface area contributed by atoms with Gasteiger partial charge in [0.25, 0.3) is 0 Å². The Morgan fingerprint density at radius 3 is 2.85 bits per heavy atom. The SMILES string of the molecule is C[C@@H](NCC(O)COC1CCCCC1)c1ccccn1. The highest BCUT2D eigenvalue weighted by molar-refractivity contribution is 5.07. The summed E-state index contributed by atoms with van der Waals surface area (Å²) in [6.45, 7) is 3.01. The predicted molar refractivity (Wildman–Crippen MR) is 79.5 cm³/mol. The van der Waals surface area contributed by atoms with Crippen molar-refractivity contribution in [2.24, 2.45) is 0 Å². The summed E-state index contributed by atoms with van der Waals surface area (Å²) >= 11 is 0. The van der Waals surface area contributed by atoms with E-state index in [1.165, 1.54) is 19.3 Å². The number of nitrogens with one attached hydrogen (secondary N) is 1. The summed E-state index contributed by atoms with van der Waals surface area (Å²) in [6.07, 6.45) is 7.82. The molecule has 0 bridgehead atoms. The van der Waals surface area contributed by atoms with Crippen LogP contribution >= 0.6 is 0 Å². The summed E-state index contributed by atoms with van der Waals surface area (Å²) in [5.74, 6) is 0. The van der Waals surface area contributed by atoms with Crippen molar-refractivity contribution in [1.82, 2.24) is 10.3 Å². The Morgan fingerprint density at radius 2 is 2.15 bits per heavy atom. The van der Waals surface area contributed by atoms with E-state index in [2.05, 4.69) is 17.2 Å². The molecule has 2 N–H and O–H groups in total. The van der Waals surface area contributed by atoms with Crippen LogP contribution in [-0.2, 0) is 4.74 Å². The van der Waals surface area contributed by atoms with Crippen LogP contribution in [0.4, 0.5) is 0 Å². The van der Waals surface area contributed by atoms with Crippen LogP contribution in [0.2, 0.25) is 0 Å². The van der Waals surface area contributed by atoms with Crippen molar-refractivity contribution in [2.45, 2.75) is 57.3 Å². The fourth-order valence-corrected chi connectivity index (χ4v) is 2.59. The molecule has 4 nitrogen and oxygen atoms in total. The summed E-state index contributed by atoms with van der Waals surface area (Å²) in [7, 11) is 0. The van der Waals surface area contributed by atoms with Gasteiger partial charge in [0.1, 0.15) is 0 Å². The summed E-state index contributed by atoms with van der Waals surface area (Å²) in [5, 5.41) is 13.3. The predicted octanol–water partition coefficient (Wildman–Crippen LogP) is 2.44. The summed E-state index contributed by atoms with van der Waals surface area (Å²) in [4.78, 5) is 4.30. The molecule has 1 aromatic heterocycles. The van der Waals surface area contributed by atoms with Crippen molar-refractivity contribution in [3.8, 4) is 0 Å². The number of aliphatic hydroxyl groups excluding tert-OH is 1. The van der Waals surface area contributed by atoms with E-state index in [0.717, 1.165) is 18.5 Å². The van der Waals surface area contributed by atoms with Gasteiger partial charge in [-0.3, -0.25) is 4.98 Å². The largest absolute Gasteiger partial charge is 0.389 e. The second-order valence-corrected chi connectivity index (χ2v) is 5.63. The molecule has 20 heavy (non-hydrogen) atoms. The molecule has 112 valence electrons. The zero-order valence-electron chi connectivity index (χ0n) is 12.3. The Morgan fingerprint density at radius 1 is 1.35 bits per heavy atom. The maximum Gasteiger partial charge on any atom is 0.0898 e. The molecule has 0 aliphatic heterocycles.